The summed E-state index contributed by atoms with van der Waals surface area (Å²) in [5.74, 6) is -0.185. The molecular formula is C11H15FN2. The Labute approximate surface area is 83.5 Å². The number of benzene rings is 1. The van der Waals surface area contributed by atoms with Gasteiger partial charge in [0, 0.05) is 24.8 Å². The summed E-state index contributed by atoms with van der Waals surface area (Å²) in [6, 6.07) is 6.87. The molecule has 1 aliphatic heterocycles. The van der Waals surface area contributed by atoms with Gasteiger partial charge in [0.1, 0.15) is 5.82 Å². The number of rotatable bonds is 1. The van der Waals surface area contributed by atoms with Gasteiger partial charge in [-0.05, 0) is 37.1 Å². The summed E-state index contributed by atoms with van der Waals surface area (Å²) in [4.78, 5) is 2.22. The van der Waals surface area contributed by atoms with Gasteiger partial charge in [-0.2, -0.15) is 0 Å². The fraction of sp³-hybridized carbons (Fsp3) is 0.455. The quantitative estimate of drug-likeness (QED) is 0.738. The van der Waals surface area contributed by atoms with E-state index < -0.39 is 0 Å². The molecule has 0 radical (unpaired) electrons. The molecule has 0 bridgehead atoms. The van der Waals surface area contributed by atoms with Crippen molar-refractivity contribution >= 4 is 5.69 Å². The minimum absolute atomic E-state index is 0.185. The van der Waals surface area contributed by atoms with Crippen LogP contribution in [0, 0.1) is 5.82 Å². The Balaban J connectivity index is 2.10. The molecule has 0 unspecified atom stereocenters. The Morgan fingerprint density at radius 2 is 2.00 bits per heavy atom. The summed E-state index contributed by atoms with van der Waals surface area (Å²) < 4.78 is 12.7. The number of nitrogens with two attached hydrogens (primary N) is 1. The maximum atomic E-state index is 12.7. The Morgan fingerprint density at radius 1 is 1.29 bits per heavy atom. The van der Waals surface area contributed by atoms with Crippen LogP contribution in [0.4, 0.5) is 10.1 Å². The molecule has 1 aromatic carbocycles. The van der Waals surface area contributed by atoms with E-state index in [1.807, 2.05) is 12.1 Å². The maximum Gasteiger partial charge on any atom is 0.123 e. The first-order valence-electron chi connectivity index (χ1n) is 5.02. The first-order valence-corrected chi connectivity index (χ1v) is 5.02. The van der Waals surface area contributed by atoms with Gasteiger partial charge in [0.25, 0.3) is 0 Å². The maximum absolute atomic E-state index is 12.7. The van der Waals surface area contributed by atoms with E-state index in [2.05, 4.69) is 4.90 Å². The van der Waals surface area contributed by atoms with Gasteiger partial charge in [-0.1, -0.05) is 0 Å². The Hall–Kier alpha value is -1.09. The van der Waals surface area contributed by atoms with Crippen LogP contribution in [0.3, 0.4) is 0 Å². The monoisotopic (exact) mass is 194 g/mol. The highest BCUT2D eigenvalue weighted by Crippen LogP contribution is 2.19. The zero-order valence-electron chi connectivity index (χ0n) is 8.12. The van der Waals surface area contributed by atoms with Crippen molar-refractivity contribution in [2.24, 2.45) is 5.73 Å². The van der Waals surface area contributed by atoms with Crippen molar-refractivity contribution in [1.82, 2.24) is 0 Å². The molecule has 0 aliphatic carbocycles. The molecule has 0 spiro atoms. The summed E-state index contributed by atoms with van der Waals surface area (Å²) in [5, 5.41) is 0. The first kappa shape index (κ1) is 9.46. The summed E-state index contributed by atoms with van der Waals surface area (Å²) >= 11 is 0. The zero-order chi connectivity index (χ0) is 9.97. The minimum Gasteiger partial charge on any atom is -0.370 e. The smallest absolute Gasteiger partial charge is 0.123 e. The average molecular weight is 194 g/mol. The molecule has 0 saturated carbocycles. The standard InChI is InChI=1S/C11H15FN2/c12-9-3-5-11(6-4-9)14-7-1-2-10(13)8-14/h3-6,10H,1-2,7-8,13H2/t10-/m0/s1. The molecule has 1 aromatic rings. The molecule has 1 fully saturated rings. The fourth-order valence-electron chi connectivity index (χ4n) is 1.90. The second-order valence-corrected chi connectivity index (χ2v) is 3.82. The molecule has 2 rings (SSSR count). The van der Waals surface area contributed by atoms with Crippen LogP contribution in [0.15, 0.2) is 24.3 Å². The van der Waals surface area contributed by atoms with Crippen molar-refractivity contribution < 1.29 is 4.39 Å². The van der Waals surface area contributed by atoms with Gasteiger partial charge in [-0.25, -0.2) is 4.39 Å². The number of hydrogen-bond acceptors (Lipinski definition) is 2. The van der Waals surface area contributed by atoms with Crippen molar-refractivity contribution in [1.29, 1.82) is 0 Å². The van der Waals surface area contributed by atoms with E-state index in [1.54, 1.807) is 0 Å². The second-order valence-electron chi connectivity index (χ2n) is 3.82. The normalized spacial score (nSPS) is 22.4. The molecule has 0 amide bonds. The minimum atomic E-state index is -0.185. The van der Waals surface area contributed by atoms with Crippen molar-refractivity contribution in [3.63, 3.8) is 0 Å². The lowest BCUT2D eigenvalue weighted by Gasteiger charge is -2.32. The second kappa shape index (κ2) is 3.96. The highest BCUT2D eigenvalue weighted by atomic mass is 19.1. The summed E-state index contributed by atoms with van der Waals surface area (Å²) in [7, 11) is 0. The van der Waals surface area contributed by atoms with Gasteiger partial charge in [0.2, 0.25) is 0 Å². The molecule has 1 aliphatic rings. The molecule has 1 saturated heterocycles. The van der Waals surface area contributed by atoms with Gasteiger partial charge >= 0.3 is 0 Å². The van der Waals surface area contributed by atoms with E-state index in [4.69, 9.17) is 5.73 Å². The van der Waals surface area contributed by atoms with Crippen LogP contribution in [-0.2, 0) is 0 Å². The van der Waals surface area contributed by atoms with E-state index in [9.17, 15) is 4.39 Å². The molecular weight excluding hydrogens is 179 g/mol. The Kier molecular flexibility index (Phi) is 2.68. The number of nitrogens with zero attached hydrogens (tertiary/aromatic N) is 1. The fourth-order valence-corrected chi connectivity index (χ4v) is 1.90. The molecule has 2 N–H and O–H groups in total. The molecule has 14 heavy (non-hydrogen) atoms. The predicted molar refractivity (Wildman–Crippen MR) is 55.8 cm³/mol. The zero-order valence-corrected chi connectivity index (χ0v) is 8.12. The van der Waals surface area contributed by atoms with E-state index >= 15 is 0 Å². The number of hydrogen-bond donors (Lipinski definition) is 1. The molecule has 3 heteroatoms. The lowest BCUT2D eigenvalue weighted by molar-refractivity contribution is 0.506. The van der Waals surface area contributed by atoms with E-state index in [-0.39, 0.29) is 11.9 Å². The van der Waals surface area contributed by atoms with Gasteiger partial charge in [-0.15, -0.1) is 0 Å². The van der Waals surface area contributed by atoms with Crippen LogP contribution in [0.25, 0.3) is 0 Å². The molecule has 1 atom stereocenters. The van der Waals surface area contributed by atoms with Crippen LogP contribution >= 0.6 is 0 Å². The Morgan fingerprint density at radius 3 is 2.64 bits per heavy atom. The largest absolute Gasteiger partial charge is 0.370 e. The Bertz CT molecular complexity index is 297. The van der Waals surface area contributed by atoms with Crippen molar-refractivity contribution in [3.05, 3.63) is 30.1 Å². The van der Waals surface area contributed by atoms with E-state index in [0.29, 0.717) is 0 Å². The molecule has 76 valence electrons. The van der Waals surface area contributed by atoms with Crippen LogP contribution in [0.2, 0.25) is 0 Å². The molecule has 2 nitrogen and oxygen atoms in total. The molecule has 0 aromatic heterocycles. The van der Waals surface area contributed by atoms with Crippen LogP contribution in [0.1, 0.15) is 12.8 Å². The van der Waals surface area contributed by atoms with Crippen LogP contribution in [-0.4, -0.2) is 19.1 Å². The molecule has 1 heterocycles. The third-order valence-corrected chi connectivity index (χ3v) is 2.65. The predicted octanol–water partition coefficient (Wildman–Crippen LogP) is 1.75. The number of piperidine rings is 1. The van der Waals surface area contributed by atoms with Gasteiger partial charge < -0.3 is 10.6 Å². The van der Waals surface area contributed by atoms with Crippen molar-refractivity contribution in [2.75, 3.05) is 18.0 Å². The highest BCUT2D eigenvalue weighted by Gasteiger charge is 2.16. The topological polar surface area (TPSA) is 29.3 Å². The third-order valence-electron chi connectivity index (χ3n) is 2.65. The SMILES string of the molecule is N[C@H]1CCCN(c2ccc(F)cc2)C1. The van der Waals surface area contributed by atoms with Crippen LogP contribution < -0.4 is 10.6 Å². The first-order chi connectivity index (χ1) is 6.75. The lowest BCUT2D eigenvalue weighted by Crippen LogP contribution is -2.42. The van der Waals surface area contributed by atoms with Crippen molar-refractivity contribution in [2.45, 2.75) is 18.9 Å². The summed E-state index contributed by atoms with van der Waals surface area (Å²) in [6.07, 6.45) is 2.22. The van der Waals surface area contributed by atoms with E-state index in [0.717, 1.165) is 31.6 Å². The average Bonchev–Trinajstić information content (AvgIpc) is 2.19. The summed E-state index contributed by atoms with van der Waals surface area (Å²) in [6.45, 7) is 1.91. The number of halogens is 1. The van der Waals surface area contributed by atoms with Crippen LogP contribution in [0.5, 0.6) is 0 Å². The highest BCUT2D eigenvalue weighted by molar-refractivity contribution is 5.46. The van der Waals surface area contributed by atoms with Gasteiger partial charge in [0.05, 0.1) is 0 Å². The van der Waals surface area contributed by atoms with Crippen molar-refractivity contribution in [3.8, 4) is 0 Å². The summed E-state index contributed by atoms with van der Waals surface area (Å²) in [5.41, 5.74) is 6.95. The number of anilines is 1. The van der Waals surface area contributed by atoms with Gasteiger partial charge in [-0.3, -0.25) is 0 Å². The van der Waals surface area contributed by atoms with E-state index in [1.165, 1.54) is 12.1 Å². The third kappa shape index (κ3) is 2.04. The van der Waals surface area contributed by atoms with Gasteiger partial charge in [0.15, 0.2) is 0 Å². The lowest BCUT2D eigenvalue weighted by atomic mass is 10.1.